The summed E-state index contributed by atoms with van der Waals surface area (Å²) in [6, 6.07) is 9.24. The van der Waals surface area contributed by atoms with Gasteiger partial charge in [-0.25, -0.2) is 9.37 Å². The van der Waals surface area contributed by atoms with Crippen LogP contribution in [0.4, 0.5) is 4.39 Å². The Bertz CT molecular complexity index is 697. The minimum Gasteiger partial charge on any atom is -0.348 e. The molecule has 0 atom stereocenters. The summed E-state index contributed by atoms with van der Waals surface area (Å²) in [4.78, 5) is 15.7. The first-order valence-corrected chi connectivity index (χ1v) is 6.47. The average molecular weight is 334 g/mol. The number of carbonyl (C=O) groups is 1. The standard InChI is InChI=1S/C14H9BrFN3O/c15-11-1-2-13(16)10(5-11)8-19-14(20)9-3-4-18-12(6-9)7-17/h1-6H,8H2,(H,19,20). The fourth-order valence-corrected chi connectivity index (χ4v) is 2.00. The highest BCUT2D eigenvalue weighted by atomic mass is 79.9. The van der Waals surface area contributed by atoms with Crippen molar-refractivity contribution in [3.8, 4) is 6.07 Å². The summed E-state index contributed by atoms with van der Waals surface area (Å²) in [5, 5.41) is 11.3. The smallest absolute Gasteiger partial charge is 0.251 e. The van der Waals surface area contributed by atoms with E-state index in [1.807, 2.05) is 6.07 Å². The largest absolute Gasteiger partial charge is 0.348 e. The van der Waals surface area contributed by atoms with Gasteiger partial charge in [0.2, 0.25) is 0 Å². The maximum atomic E-state index is 13.5. The summed E-state index contributed by atoms with van der Waals surface area (Å²) >= 11 is 3.24. The van der Waals surface area contributed by atoms with Crippen molar-refractivity contribution in [2.24, 2.45) is 0 Å². The highest BCUT2D eigenvalue weighted by Gasteiger charge is 2.08. The van der Waals surface area contributed by atoms with Crippen molar-refractivity contribution in [2.45, 2.75) is 6.54 Å². The molecular formula is C14H9BrFN3O. The van der Waals surface area contributed by atoms with Gasteiger partial charge >= 0.3 is 0 Å². The molecule has 1 heterocycles. The number of nitrogens with zero attached hydrogens (tertiary/aromatic N) is 2. The lowest BCUT2D eigenvalue weighted by Gasteiger charge is -2.07. The molecule has 4 nitrogen and oxygen atoms in total. The predicted molar refractivity (Wildman–Crippen MR) is 74.2 cm³/mol. The topological polar surface area (TPSA) is 65.8 Å². The molecule has 0 fully saturated rings. The van der Waals surface area contributed by atoms with Gasteiger partial charge in [0.05, 0.1) is 0 Å². The van der Waals surface area contributed by atoms with Crippen LogP contribution in [0.2, 0.25) is 0 Å². The minimum atomic E-state index is -0.388. The lowest BCUT2D eigenvalue weighted by molar-refractivity contribution is 0.0950. The van der Waals surface area contributed by atoms with E-state index in [0.29, 0.717) is 11.1 Å². The molecule has 1 aromatic heterocycles. The van der Waals surface area contributed by atoms with Crippen LogP contribution in [-0.4, -0.2) is 10.9 Å². The average Bonchev–Trinajstić information content (AvgIpc) is 2.48. The molecule has 20 heavy (non-hydrogen) atoms. The van der Waals surface area contributed by atoms with Crippen LogP contribution in [0.15, 0.2) is 41.0 Å². The van der Waals surface area contributed by atoms with Crippen molar-refractivity contribution in [2.75, 3.05) is 0 Å². The number of hydrogen-bond donors (Lipinski definition) is 1. The second kappa shape index (κ2) is 6.26. The van der Waals surface area contributed by atoms with Crippen LogP contribution in [0.5, 0.6) is 0 Å². The highest BCUT2D eigenvalue weighted by molar-refractivity contribution is 9.10. The molecule has 0 saturated carbocycles. The molecule has 1 aromatic carbocycles. The summed E-state index contributed by atoms with van der Waals surface area (Å²) in [7, 11) is 0. The summed E-state index contributed by atoms with van der Waals surface area (Å²) < 4.78 is 14.3. The molecule has 0 radical (unpaired) electrons. The number of nitrogens with one attached hydrogen (secondary N) is 1. The molecular weight excluding hydrogens is 325 g/mol. The van der Waals surface area contributed by atoms with Gasteiger partial charge in [-0.2, -0.15) is 5.26 Å². The second-order valence-corrected chi connectivity index (χ2v) is 4.88. The Hall–Kier alpha value is -2.26. The van der Waals surface area contributed by atoms with E-state index in [0.717, 1.165) is 4.47 Å². The van der Waals surface area contributed by atoms with E-state index < -0.39 is 0 Å². The molecule has 2 aromatic rings. The molecule has 1 N–H and O–H groups in total. The van der Waals surface area contributed by atoms with Gasteiger partial charge in [-0.15, -0.1) is 0 Å². The fraction of sp³-hybridized carbons (Fsp3) is 0.0714. The van der Waals surface area contributed by atoms with Crippen LogP contribution in [0.1, 0.15) is 21.6 Å². The lowest BCUT2D eigenvalue weighted by atomic mass is 10.2. The first kappa shape index (κ1) is 14.2. The second-order valence-electron chi connectivity index (χ2n) is 3.96. The fourth-order valence-electron chi connectivity index (χ4n) is 1.59. The van der Waals surface area contributed by atoms with Crippen LogP contribution in [-0.2, 0) is 6.54 Å². The monoisotopic (exact) mass is 333 g/mol. The van der Waals surface area contributed by atoms with Gasteiger partial charge in [0.15, 0.2) is 0 Å². The normalized spacial score (nSPS) is 9.85. The first-order valence-electron chi connectivity index (χ1n) is 5.68. The molecule has 0 aliphatic carbocycles. The zero-order valence-electron chi connectivity index (χ0n) is 10.2. The van der Waals surface area contributed by atoms with E-state index in [9.17, 15) is 9.18 Å². The Morgan fingerprint density at radius 2 is 2.20 bits per heavy atom. The zero-order chi connectivity index (χ0) is 14.5. The molecule has 2 rings (SSSR count). The number of amides is 1. The van der Waals surface area contributed by atoms with Gasteiger partial charge < -0.3 is 5.32 Å². The number of nitriles is 1. The van der Waals surface area contributed by atoms with Gasteiger partial charge in [0, 0.05) is 28.3 Å². The maximum Gasteiger partial charge on any atom is 0.251 e. The SMILES string of the molecule is N#Cc1cc(C(=O)NCc2cc(Br)ccc2F)ccn1. The highest BCUT2D eigenvalue weighted by Crippen LogP contribution is 2.15. The molecule has 0 spiro atoms. The van der Waals surface area contributed by atoms with Crippen molar-refractivity contribution in [3.63, 3.8) is 0 Å². The van der Waals surface area contributed by atoms with Crippen molar-refractivity contribution in [1.82, 2.24) is 10.3 Å². The van der Waals surface area contributed by atoms with Crippen LogP contribution < -0.4 is 5.32 Å². The Kier molecular flexibility index (Phi) is 4.43. The van der Waals surface area contributed by atoms with Crippen LogP contribution in [0.25, 0.3) is 0 Å². The summed E-state index contributed by atoms with van der Waals surface area (Å²) in [6.07, 6.45) is 1.38. The number of rotatable bonds is 3. The van der Waals surface area contributed by atoms with E-state index in [1.165, 1.54) is 24.4 Å². The van der Waals surface area contributed by atoms with Gasteiger partial charge in [0.25, 0.3) is 5.91 Å². The number of benzene rings is 1. The van der Waals surface area contributed by atoms with E-state index in [-0.39, 0.29) is 24.0 Å². The number of halogens is 2. The van der Waals surface area contributed by atoms with Crippen LogP contribution in [0.3, 0.4) is 0 Å². The van der Waals surface area contributed by atoms with Gasteiger partial charge in [0.1, 0.15) is 17.6 Å². The molecule has 0 bridgehead atoms. The van der Waals surface area contributed by atoms with E-state index in [2.05, 4.69) is 26.2 Å². The first-order chi connectivity index (χ1) is 9.60. The third-order valence-corrected chi connectivity index (χ3v) is 3.08. The molecule has 0 aliphatic heterocycles. The van der Waals surface area contributed by atoms with Crippen LogP contribution >= 0.6 is 15.9 Å². The molecule has 0 aliphatic rings. The maximum absolute atomic E-state index is 13.5. The number of hydrogen-bond acceptors (Lipinski definition) is 3. The van der Waals surface area contributed by atoms with Crippen LogP contribution in [0, 0.1) is 17.1 Å². The summed E-state index contributed by atoms with van der Waals surface area (Å²) in [5.41, 5.74) is 0.848. The molecule has 6 heteroatoms. The van der Waals surface area contributed by atoms with Gasteiger partial charge in [-0.05, 0) is 30.3 Å². The molecule has 0 unspecified atom stereocenters. The van der Waals surface area contributed by atoms with Gasteiger partial charge in [-0.3, -0.25) is 4.79 Å². The summed E-state index contributed by atoms with van der Waals surface area (Å²) in [5.74, 6) is -0.774. The molecule has 0 saturated heterocycles. The Balaban J connectivity index is 2.09. The van der Waals surface area contributed by atoms with E-state index in [4.69, 9.17) is 5.26 Å². The lowest BCUT2D eigenvalue weighted by Crippen LogP contribution is -2.23. The quantitative estimate of drug-likeness (QED) is 0.939. The third-order valence-electron chi connectivity index (χ3n) is 2.58. The predicted octanol–water partition coefficient (Wildman–Crippen LogP) is 2.78. The van der Waals surface area contributed by atoms with Crippen molar-refractivity contribution in [3.05, 3.63) is 63.6 Å². The zero-order valence-corrected chi connectivity index (χ0v) is 11.8. The Morgan fingerprint density at radius 3 is 2.95 bits per heavy atom. The summed E-state index contributed by atoms with van der Waals surface area (Å²) in [6.45, 7) is 0.0638. The van der Waals surface area contributed by atoms with Gasteiger partial charge in [-0.1, -0.05) is 15.9 Å². The number of carbonyl (C=O) groups excluding carboxylic acids is 1. The van der Waals surface area contributed by atoms with E-state index >= 15 is 0 Å². The number of aromatic nitrogens is 1. The minimum absolute atomic E-state index is 0.0638. The Morgan fingerprint density at radius 1 is 1.40 bits per heavy atom. The third kappa shape index (κ3) is 3.39. The van der Waals surface area contributed by atoms with E-state index in [1.54, 1.807) is 12.1 Å². The Labute approximate surface area is 123 Å². The van der Waals surface area contributed by atoms with Crippen molar-refractivity contribution < 1.29 is 9.18 Å². The number of pyridine rings is 1. The molecule has 100 valence electrons. The van der Waals surface area contributed by atoms with Crippen molar-refractivity contribution in [1.29, 1.82) is 5.26 Å². The molecule has 1 amide bonds. The van der Waals surface area contributed by atoms with Crippen molar-refractivity contribution >= 4 is 21.8 Å².